The van der Waals surface area contributed by atoms with Crippen LogP contribution in [0.4, 0.5) is 0 Å². The van der Waals surface area contributed by atoms with Gasteiger partial charge in [-0.1, -0.05) is 48.6 Å². The van der Waals surface area contributed by atoms with Gasteiger partial charge in [0.15, 0.2) is 0 Å². The fourth-order valence-electron chi connectivity index (χ4n) is 4.46. The number of para-hydroxylation sites is 1. The molecule has 27 heavy (non-hydrogen) atoms. The van der Waals surface area contributed by atoms with Gasteiger partial charge in [0, 0.05) is 31.1 Å². The van der Waals surface area contributed by atoms with Gasteiger partial charge < -0.3 is 4.57 Å². The summed E-state index contributed by atoms with van der Waals surface area (Å²) < 4.78 is 5.29. The summed E-state index contributed by atoms with van der Waals surface area (Å²) in [6.07, 6.45) is 7.14. The molecule has 1 aliphatic rings. The Morgan fingerprint density at radius 2 is 1.63 bits per heavy atom. The molecule has 0 amide bonds. The summed E-state index contributed by atoms with van der Waals surface area (Å²) in [5, 5.41) is 5.60. The Labute approximate surface area is 161 Å². The molecule has 2 aromatic heterocycles. The van der Waals surface area contributed by atoms with Crippen molar-refractivity contribution in [2.45, 2.75) is 19.8 Å². The van der Waals surface area contributed by atoms with E-state index < -0.39 is 0 Å². The van der Waals surface area contributed by atoms with Crippen LogP contribution in [0.2, 0.25) is 0 Å². The summed E-state index contributed by atoms with van der Waals surface area (Å²) in [5.74, 6) is 0. The number of thiophene rings is 1. The number of fused-ring (bicyclic) bond motifs is 7. The molecule has 0 bridgehead atoms. The molecule has 0 saturated carbocycles. The molecule has 1 aliphatic carbocycles. The predicted molar refractivity (Wildman–Crippen MR) is 118 cm³/mol. The Bertz CT molecular complexity index is 1470. The molecule has 5 aromatic rings. The van der Waals surface area contributed by atoms with Crippen LogP contribution in [-0.4, -0.2) is 4.57 Å². The third-order valence-electron chi connectivity index (χ3n) is 5.67. The largest absolute Gasteiger partial charge is 0.309 e. The Morgan fingerprint density at radius 1 is 0.815 bits per heavy atom. The highest BCUT2D eigenvalue weighted by atomic mass is 32.1. The van der Waals surface area contributed by atoms with E-state index >= 15 is 0 Å². The van der Waals surface area contributed by atoms with Crippen LogP contribution in [0.3, 0.4) is 0 Å². The minimum atomic E-state index is 1.15. The minimum Gasteiger partial charge on any atom is -0.309 e. The monoisotopic (exact) mass is 365 g/mol. The molecule has 0 fully saturated rings. The number of aryl methyl sites for hydroxylation is 1. The highest BCUT2D eigenvalue weighted by Crippen LogP contribution is 2.37. The van der Waals surface area contributed by atoms with Crippen LogP contribution in [0.25, 0.3) is 49.7 Å². The second-order valence-electron chi connectivity index (χ2n) is 7.39. The molecule has 2 heterocycles. The molecule has 0 atom stereocenters. The van der Waals surface area contributed by atoms with Crippen LogP contribution in [-0.2, 0) is 0 Å². The van der Waals surface area contributed by atoms with Crippen molar-refractivity contribution >= 4 is 55.4 Å². The van der Waals surface area contributed by atoms with Crippen molar-refractivity contribution in [2.24, 2.45) is 0 Å². The van der Waals surface area contributed by atoms with Gasteiger partial charge in [-0.25, -0.2) is 0 Å². The lowest BCUT2D eigenvalue weighted by Gasteiger charge is -2.07. The highest BCUT2D eigenvalue weighted by molar-refractivity contribution is 7.18. The Morgan fingerprint density at radius 3 is 2.52 bits per heavy atom. The molecule has 3 aromatic carbocycles. The van der Waals surface area contributed by atoms with Gasteiger partial charge in [-0.2, -0.15) is 0 Å². The van der Waals surface area contributed by atoms with E-state index in [1.54, 1.807) is 0 Å². The van der Waals surface area contributed by atoms with Crippen LogP contribution in [0.1, 0.15) is 18.4 Å². The van der Waals surface area contributed by atoms with E-state index in [9.17, 15) is 0 Å². The number of nitrogens with zero attached hydrogens (tertiary/aromatic N) is 1. The molecule has 0 aliphatic heterocycles. The van der Waals surface area contributed by atoms with Crippen molar-refractivity contribution in [3.8, 4) is 5.69 Å². The van der Waals surface area contributed by atoms with Crippen molar-refractivity contribution in [1.29, 1.82) is 0 Å². The van der Waals surface area contributed by atoms with E-state index in [0.717, 1.165) is 12.8 Å². The van der Waals surface area contributed by atoms with Crippen LogP contribution in [0, 0.1) is 6.92 Å². The number of rotatable bonds is 1. The first-order chi connectivity index (χ1) is 13.3. The molecule has 1 nitrogen and oxygen atoms in total. The average Bonchev–Trinajstić information content (AvgIpc) is 3.23. The number of hydrogen-bond donors (Lipinski definition) is 0. The van der Waals surface area contributed by atoms with E-state index in [1.165, 1.54) is 52.9 Å². The molecule has 2 heteroatoms. The third-order valence-corrected chi connectivity index (χ3v) is 6.90. The predicted octanol–water partition coefficient (Wildman–Crippen LogP) is 5.66. The Kier molecular flexibility index (Phi) is 3.15. The summed E-state index contributed by atoms with van der Waals surface area (Å²) in [5.41, 5.74) is 5.11. The lowest BCUT2D eigenvalue weighted by atomic mass is 10.1. The first kappa shape index (κ1) is 15.2. The van der Waals surface area contributed by atoms with Gasteiger partial charge in [-0.15, -0.1) is 11.3 Å². The second kappa shape index (κ2) is 5.58. The van der Waals surface area contributed by atoms with Crippen molar-refractivity contribution in [1.82, 2.24) is 4.57 Å². The zero-order valence-electron chi connectivity index (χ0n) is 15.2. The van der Waals surface area contributed by atoms with Crippen LogP contribution in [0.5, 0.6) is 0 Å². The lowest BCUT2D eigenvalue weighted by molar-refractivity contribution is 1.13. The molecule has 0 radical (unpaired) electrons. The van der Waals surface area contributed by atoms with Gasteiger partial charge in [0.25, 0.3) is 0 Å². The van der Waals surface area contributed by atoms with Crippen molar-refractivity contribution in [2.75, 3.05) is 0 Å². The van der Waals surface area contributed by atoms with Gasteiger partial charge in [0.05, 0.1) is 11.0 Å². The fraction of sp³-hybridized carbons (Fsp3) is 0.120. The maximum atomic E-state index is 2.42. The smallest absolute Gasteiger partial charge is 0.0555 e. The van der Waals surface area contributed by atoms with E-state index in [0.29, 0.717) is 0 Å². The summed E-state index contributed by atoms with van der Waals surface area (Å²) in [7, 11) is 0. The zero-order valence-corrected chi connectivity index (χ0v) is 16.0. The minimum absolute atomic E-state index is 1.15. The summed E-state index contributed by atoms with van der Waals surface area (Å²) >= 11 is 1.96. The molecule has 0 unspecified atom stereocenters. The maximum absolute atomic E-state index is 2.42. The lowest BCUT2D eigenvalue weighted by Crippen LogP contribution is -2.20. The fourth-order valence-corrected chi connectivity index (χ4v) is 5.79. The average molecular weight is 366 g/mol. The summed E-state index contributed by atoms with van der Waals surface area (Å²) in [6, 6.07) is 22.2. The van der Waals surface area contributed by atoms with Crippen LogP contribution in [0.15, 0.2) is 60.7 Å². The SMILES string of the molecule is Cc1ccc2c3c4sc5c(c4ccc3n(-c3ccccc3)c2c1)=CCCC=5. The van der Waals surface area contributed by atoms with E-state index in [2.05, 4.69) is 84.3 Å². The number of benzene rings is 3. The van der Waals surface area contributed by atoms with Crippen molar-refractivity contribution < 1.29 is 0 Å². The second-order valence-corrected chi connectivity index (χ2v) is 8.45. The van der Waals surface area contributed by atoms with Crippen molar-refractivity contribution in [3.05, 3.63) is 76.0 Å². The quantitative estimate of drug-likeness (QED) is 0.361. The molecule has 130 valence electrons. The number of hydrogen-bond acceptors (Lipinski definition) is 1. The Hall–Kier alpha value is -2.84. The van der Waals surface area contributed by atoms with Crippen molar-refractivity contribution in [3.63, 3.8) is 0 Å². The molecule has 6 rings (SSSR count). The van der Waals surface area contributed by atoms with Gasteiger partial charge in [0.1, 0.15) is 0 Å². The first-order valence-electron chi connectivity index (χ1n) is 9.53. The van der Waals surface area contributed by atoms with Crippen LogP contribution < -0.4 is 9.75 Å². The molecule has 0 saturated heterocycles. The standard InChI is InChI=1S/C25H19NS/c1-16-11-12-20-22(15-16)26(17-7-3-2-4-8-17)21-14-13-19-18-9-5-6-10-23(18)27-25(19)24(20)21/h2-4,7-15H,5-6H2,1H3. The maximum Gasteiger partial charge on any atom is 0.0555 e. The summed E-state index contributed by atoms with van der Waals surface area (Å²) in [6.45, 7) is 2.18. The third kappa shape index (κ3) is 2.11. The zero-order chi connectivity index (χ0) is 18.0. The molecule has 0 spiro atoms. The Balaban J connectivity index is 1.89. The normalized spacial score (nSPS) is 13.7. The van der Waals surface area contributed by atoms with Gasteiger partial charge in [0.2, 0.25) is 0 Å². The highest BCUT2D eigenvalue weighted by Gasteiger charge is 2.17. The molecule has 0 N–H and O–H groups in total. The topological polar surface area (TPSA) is 4.93 Å². The van der Waals surface area contributed by atoms with Gasteiger partial charge in [-0.05, 0) is 54.8 Å². The molecular formula is C25H19NS. The van der Waals surface area contributed by atoms with Gasteiger partial charge >= 0.3 is 0 Å². The van der Waals surface area contributed by atoms with Gasteiger partial charge in [-0.3, -0.25) is 0 Å². The summed E-state index contributed by atoms with van der Waals surface area (Å²) in [4.78, 5) is 0. The number of aromatic nitrogens is 1. The van der Waals surface area contributed by atoms with Crippen LogP contribution >= 0.6 is 11.3 Å². The molecular weight excluding hydrogens is 346 g/mol. The van der Waals surface area contributed by atoms with E-state index in [4.69, 9.17) is 0 Å². The first-order valence-corrected chi connectivity index (χ1v) is 10.3. The van der Waals surface area contributed by atoms with E-state index in [1.807, 2.05) is 11.3 Å². The van der Waals surface area contributed by atoms with E-state index in [-0.39, 0.29) is 0 Å².